The molecule has 0 atom stereocenters. The second-order valence-electron chi connectivity index (χ2n) is 5.05. The van der Waals surface area contributed by atoms with E-state index >= 15 is 0 Å². The highest BCUT2D eigenvalue weighted by molar-refractivity contribution is 8.00. The summed E-state index contributed by atoms with van der Waals surface area (Å²) in [7, 11) is 0. The minimum Gasteiger partial charge on any atom is -0.454 e. The van der Waals surface area contributed by atoms with E-state index in [1.54, 1.807) is 18.2 Å². The average molecular weight is 316 g/mol. The fourth-order valence-electron chi connectivity index (χ4n) is 2.20. The quantitative estimate of drug-likeness (QED) is 0.488. The largest absolute Gasteiger partial charge is 0.454 e. The number of hydrogen-bond donors (Lipinski definition) is 0. The average Bonchev–Trinajstić information content (AvgIpc) is 2.94. The molecule has 0 fully saturated rings. The van der Waals surface area contributed by atoms with Crippen LogP contribution in [0.15, 0.2) is 41.3 Å². The number of hydrogen-bond acceptors (Lipinski definition) is 5. The van der Waals surface area contributed by atoms with Crippen LogP contribution in [0.2, 0.25) is 0 Å². The van der Waals surface area contributed by atoms with E-state index in [9.17, 15) is 4.79 Å². The molecule has 1 heterocycles. The van der Waals surface area contributed by atoms with Gasteiger partial charge in [-0.25, -0.2) is 0 Å². The fourth-order valence-corrected chi connectivity index (χ4v) is 2.98. The lowest BCUT2D eigenvalue weighted by Gasteiger charge is -2.07. The summed E-state index contributed by atoms with van der Waals surface area (Å²) in [5, 5.41) is 0. The lowest BCUT2D eigenvalue weighted by atomic mass is 10.2. The van der Waals surface area contributed by atoms with E-state index in [1.165, 1.54) is 22.9 Å². The highest BCUT2D eigenvalue weighted by atomic mass is 32.2. The van der Waals surface area contributed by atoms with Crippen LogP contribution in [0.3, 0.4) is 0 Å². The van der Waals surface area contributed by atoms with Gasteiger partial charge >= 0.3 is 5.97 Å². The minimum absolute atomic E-state index is 0.204. The molecule has 0 radical (unpaired) electrons. The summed E-state index contributed by atoms with van der Waals surface area (Å²) in [4.78, 5) is 13.0. The zero-order valence-electron chi connectivity index (χ0n) is 12.4. The molecule has 0 N–H and O–H groups in total. The molecule has 1 aliphatic heterocycles. The highest BCUT2D eigenvalue weighted by Gasteiger charge is 2.15. The zero-order chi connectivity index (χ0) is 15.5. The number of thioether (sulfide) groups is 1. The van der Waals surface area contributed by atoms with E-state index in [0.717, 1.165) is 4.90 Å². The molecule has 22 heavy (non-hydrogen) atoms. The van der Waals surface area contributed by atoms with Crippen molar-refractivity contribution in [2.24, 2.45) is 0 Å². The second-order valence-corrected chi connectivity index (χ2v) is 6.06. The van der Waals surface area contributed by atoms with Crippen molar-refractivity contribution in [1.29, 1.82) is 0 Å². The van der Waals surface area contributed by atoms with Crippen LogP contribution in [-0.2, 0) is 4.79 Å². The number of carbonyl (C=O) groups excluding carboxylic acids is 1. The predicted molar refractivity (Wildman–Crippen MR) is 84.8 cm³/mol. The first-order chi connectivity index (χ1) is 10.6. The summed E-state index contributed by atoms with van der Waals surface area (Å²) in [6.07, 6.45) is 0. The third-order valence-electron chi connectivity index (χ3n) is 3.25. The molecule has 0 bridgehead atoms. The van der Waals surface area contributed by atoms with Crippen molar-refractivity contribution in [2.45, 2.75) is 18.7 Å². The highest BCUT2D eigenvalue weighted by Crippen LogP contribution is 2.35. The maximum absolute atomic E-state index is 11.9. The number of benzene rings is 2. The van der Waals surface area contributed by atoms with Crippen molar-refractivity contribution >= 4 is 17.7 Å². The van der Waals surface area contributed by atoms with Crippen LogP contribution >= 0.6 is 11.8 Å². The topological polar surface area (TPSA) is 44.8 Å². The predicted octanol–water partition coefficient (Wildman–Crippen LogP) is 3.73. The van der Waals surface area contributed by atoms with E-state index < -0.39 is 0 Å². The van der Waals surface area contributed by atoms with Crippen molar-refractivity contribution in [3.63, 3.8) is 0 Å². The van der Waals surface area contributed by atoms with E-state index in [4.69, 9.17) is 14.2 Å². The Balaban J connectivity index is 1.58. The molecule has 5 heteroatoms. The molecule has 2 aromatic rings. The van der Waals surface area contributed by atoms with Crippen LogP contribution in [0.5, 0.6) is 17.2 Å². The summed E-state index contributed by atoms with van der Waals surface area (Å²) < 4.78 is 15.8. The van der Waals surface area contributed by atoms with Crippen LogP contribution in [-0.4, -0.2) is 18.5 Å². The molecule has 0 saturated heterocycles. The third-order valence-corrected chi connectivity index (χ3v) is 4.40. The van der Waals surface area contributed by atoms with Gasteiger partial charge in [0.2, 0.25) is 6.79 Å². The smallest absolute Gasteiger partial charge is 0.321 e. The Kier molecular flexibility index (Phi) is 4.24. The van der Waals surface area contributed by atoms with Crippen molar-refractivity contribution in [3.8, 4) is 17.2 Å². The van der Waals surface area contributed by atoms with Gasteiger partial charge in [-0.15, -0.1) is 11.8 Å². The Morgan fingerprint density at radius 1 is 1.14 bits per heavy atom. The molecule has 0 unspecified atom stereocenters. The van der Waals surface area contributed by atoms with Gasteiger partial charge in [0.25, 0.3) is 0 Å². The monoisotopic (exact) mass is 316 g/mol. The van der Waals surface area contributed by atoms with Gasteiger partial charge in [0, 0.05) is 11.0 Å². The molecule has 114 valence electrons. The second kappa shape index (κ2) is 6.32. The van der Waals surface area contributed by atoms with Crippen molar-refractivity contribution in [1.82, 2.24) is 0 Å². The van der Waals surface area contributed by atoms with E-state index in [2.05, 4.69) is 13.0 Å². The van der Waals surface area contributed by atoms with Gasteiger partial charge in [0.05, 0.1) is 5.75 Å². The van der Waals surface area contributed by atoms with E-state index in [1.807, 2.05) is 19.1 Å². The summed E-state index contributed by atoms with van der Waals surface area (Å²) in [5.74, 6) is 1.72. The van der Waals surface area contributed by atoms with E-state index in [0.29, 0.717) is 17.2 Å². The normalized spacial score (nSPS) is 12.3. The Hall–Kier alpha value is -2.14. The SMILES string of the molecule is Cc1ccc(SCC(=O)Oc2ccc3c(c2)OCO3)c(C)c1. The van der Waals surface area contributed by atoms with E-state index in [-0.39, 0.29) is 18.5 Å². The third kappa shape index (κ3) is 3.36. The number of carbonyl (C=O) groups is 1. The molecule has 1 aliphatic rings. The van der Waals surface area contributed by atoms with Crippen LogP contribution in [0.4, 0.5) is 0 Å². The van der Waals surface area contributed by atoms with Gasteiger partial charge < -0.3 is 14.2 Å². The van der Waals surface area contributed by atoms with Crippen LogP contribution < -0.4 is 14.2 Å². The Bertz CT molecular complexity index is 712. The molecule has 2 aromatic carbocycles. The Labute approximate surface area is 133 Å². The molecule has 0 aliphatic carbocycles. The summed E-state index contributed by atoms with van der Waals surface area (Å²) in [6.45, 7) is 4.29. The van der Waals surface area contributed by atoms with Crippen LogP contribution in [0.1, 0.15) is 11.1 Å². The summed E-state index contributed by atoms with van der Waals surface area (Å²) >= 11 is 1.48. The minimum atomic E-state index is -0.288. The Morgan fingerprint density at radius 3 is 2.77 bits per heavy atom. The van der Waals surface area contributed by atoms with Crippen LogP contribution in [0.25, 0.3) is 0 Å². The molecule has 0 aromatic heterocycles. The lowest BCUT2D eigenvalue weighted by molar-refractivity contribution is -0.131. The maximum Gasteiger partial charge on any atom is 0.321 e. The fraction of sp³-hybridized carbons (Fsp3) is 0.235. The van der Waals surface area contributed by atoms with Gasteiger partial charge in [-0.3, -0.25) is 4.79 Å². The molecular weight excluding hydrogens is 300 g/mol. The molecule has 0 amide bonds. The first-order valence-electron chi connectivity index (χ1n) is 6.92. The van der Waals surface area contributed by atoms with Crippen LogP contribution in [0, 0.1) is 13.8 Å². The van der Waals surface area contributed by atoms with Gasteiger partial charge in [-0.2, -0.15) is 0 Å². The number of ether oxygens (including phenoxy) is 3. The van der Waals surface area contributed by atoms with Gasteiger partial charge in [-0.1, -0.05) is 17.7 Å². The number of aryl methyl sites for hydroxylation is 2. The molecular formula is C17H16O4S. The molecule has 0 spiro atoms. The first-order valence-corrected chi connectivity index (χ1v) is 7.91. The Morgan fingerprint density at radius 2 is 1.95 bits per heavy atom. The van der Waals surface area contributed by atoms with Gasteiger partial charge in [-0.05, 0) is 37.6 Å². The molecule has 4 nitrogen and oxygen atoms in total. The van der Waals surface area contributed by atoms with Crippen molar-refractivity contribution in [2.75, 3.05) is 12.5 Å². The van der Waals surface area contributed by atoms with Crippen molar-refractivity contribution in [3.05, 3.63) is 47.5 Å². The lowest BCUT2D eigenvalue weighted by Crippen LogP contribution is -2.10. The molecule has 0 saturated carbocycles. The number of fused-ring (bicyclic) bond motifs is 1. The number of rotatable bonds is 4. The zero-order valence-corrected chi connectivity index (χ0v) is 13.2. The number of esters is 1. The van der Waals surface area contributed by atoms with Gasteiger partial charge in [0.1, 0.15) is 5.75 Å². The standard InChI is InChI=1S/C17H16O4S/c1-11-3-6-16(12(2)7-11)22-9-17(18)21-13-4-5-14-15(8-13)20-10-19-14/h3-8H,9-10H2,1-2H3. The van der Waals surface area contributed by atoms with Gasteiger partial charge in [0.15, 0.2) is 11.5 Å². The summed E-state index contributed by atoms with van der Waals surface area (Å²) in [5.41, 5.74) is 2.38. The summed E-state index contributed by atoms with van der Waals surface area (Å²) in [6, 6.07) is 11.3. The maximum atomic E-state index is 11.9. The first kappa shape index (κ1) is 14.8. The van der Waals surface area contributed by atoms with Crippen molar-refractivity contribution < 1.29 is 19.0 Å². The molecule has 3 rings (SSSR count).